The maximum Gasteiger partial charge on any atom is 0.267 e. The number of aliphatic hydroxyl groups is 1. The SMILES string of the molecule is CCCCN1C(=O)/C(=C/c2c(NC[C@H](O)c3ccccc3)nc3ccccn3c2=O)SC1=S. The zero-order valence-corrected chi connectivity index (χ0v) is 19.7. The summed E-state index contributed by atoms with van der Waals surface area (Å²) in [6, 6.07) is 14.5. The van der Waals surface area contributed by atoms with Crippen molar-refractivity contribution in [3.8, 4) is 0 Å². The van der Waals surface area contributed by atoms with E-state index in [1.54, 1.807) is 35.4 Å². The predicted octanol–water partition coefficient (Wildman–Crippen LogP) is 3.84. The topological polar surface area (TPSA) is 86.9 Å². The number of thiocarbonyl (C=S) groups is 1. The first-order chi connectivity index (χ1) is 16.0. The summed E-state index contributed by atoms with van der Waals surface area (Å²) in [6.45, 7) is 2.76. The Hall–Kier alpha value is -3.01. The third-order valence-corrected chi connectivity index (χ3v) is 6.68. The molecule has 1 aliphatic heterocycles. The van der Waals surface area contributed by atoms with Gasteiger partial charge >= 0.3 is 0 Å². The second kappa shape index (κ2) is 10.3. The van der Waals surface area contributed by atoms with E-state index in [1.807, 2.05) is 30.3 Å². The number of rotatable bonds is 8. The maximum atomic E-state index is 13.3. The van der Waals surface area contributed by atoms with Gasteiger partial charge in [0.05, 0.1) is 16.6 Å². The molecule has 0 spiro atoms. The van der Waals surface area contributed by atoms with Gasteiger partial charge < -0.3 is 10.4 Å². The summed E-state index contributed by atoms with van der Waals surface area (Å²) < 4.78 is 1.92. The molecule has 7 nitrogen and oxygen atoms in total. The highest BCUT2D eigenvalue weighted by Crippen LogP contribution is 2.33. The minimum absolute atomic E-state index is 0.151. The van der Waals surface area contributed by atoms with Gasteiger partial charge in [0.25, 0.3) is 11.5 Å². The lowest BCUT2D eigenvalue weighted by atomic mass is 10.1. The van der Waals surface area contributed by atoms with Crippen LogP contribution in [0.25, 0.3) is 11.7 Å². The molecule has 3 aromatic rings. The van der Waals surface area contributed by atoms with Crippen LogP contribution in [0, 0.1) is 0 Å². The van der Waals surface area contributed by atoms with Gasteiger partial charge in [0.15, 0.2) is 0 Å². The normalized spacial score (nSPS) is 16.1. The Kier molecular flexibility index (Phi) is 7.22. The van der Waals surface area contributed by atoms with E-state index in [1.165, 1.54) is 16.2 Å². The highest BCUT2D eigenvalue weighted by Gasteiger charge is 2.32. The van der Waals surface area contributed by atoms with Crippen LogP contribution >= 0.6 is 24.0 Å². The van der Waals surface area contributed by atoms with Crippen molar-refractivity contribution in [3.63, 3.8) is 0 Å². The molecule has 2 N–H and O–H groups in total. The molecule has 1 atom stereocenters. The molecule has 9 heteroatoms. The fraction of sp³-hybridized carbons (Fsp3) is 0.250. The summed E-state index contributed by atoms with van der Waals surface area (Å²) in [6.07, 6.45) is 4.20. The number of benzene rings is 1. The van der Waals surface area contributed by atoms with Gasteiger partial charge in [0.2, 0.25) is 0 Å². The lowest BCUT2D eigenvalue weighted by molar-refractivity contribution is -0.122. The van der Waals surface area contributed by atoms with Crippen molar-refractivity contribution in [1.29, 1.82) is 0 Å². The minimum Gasteiger partial charge on any atom is -0.387 e. The quantitative estimate of drug-likeness (QED) is 0.374. The van der Waals surface area contributed by atoms with E-state index < -0.39 is 6.10 Å². The van der Waals surface area contributed by atoms with Gasteiger partial charge in [-0.2, -0.15) is 0 Å². The van der Waals surface area contributed by atoms with Gasteiger partial charge in [-0.15, -0.1) is 0 Å². The van der Waals surface area contributed by atoms with Crippen molar-refractivity contribution >= 4 is 51.7 Å². The van der Waals surface area contributed by atoms with Gasteiger partial charge in [-0.05, 0) is 30.2 Å². The number of aliphatic hydroxyl groups excluding tert-OH is 1. The molecule has 1 aromatic carbocycles. The first-order valence-electron chi connectivity index (χ1n) is 10.7. The molecular formula is C24H24N4O3S2. The number of hydrogen-bond acceptors (Lipinski definition) is 7. The number of nitrogens with one attached hydrogen (secondary N) is 1. The van der Waals surface area contributed by atoms with Gasteiger partial charge in [-0.25, -0.2) is 4.98 Å². The Bertz CT molecular complexity index is 1270. The van der Waals surface area contributed by atoms with Crippen LogP contribution in [0.2, 0.25) is 0 Å². The van der Waals surface area contributed by atoms with Crippen LogP contribution in [-0.4, -0.2) is 42.7 Å². The molecular weight excluding hydrogens is 456 g/mol. The molecule has 0 saturated carbocycles. The van der Waals surface area contributed by atoms with Crippen molar-refractivity contribution in [3.05, 3.63) is 81.1 Å². The third kappa shape index (κ3) is 5.00. The number of hydrogen-bond donors (Lipinski definition) is 2. The highest BCUT2D eigenvalue weighted by atomic mass is 32.2. The Morgan fingerprint density at radius 3 is 2.70 bits per heavy atom. The summed E-state index contributed by atoms with van der Waals surface area (Å²) in [5.41, 5.74) is 1.15. The summed E-state index contributed by atoms with van der Waals surface area (Å²) in [7, 11) is 0. The smallest absolute Gasteiger partial charge is 0.267 e. The van der Waals surface area contributed by atoms with Gasteiger partial charge in [-0.3, -0.25) is 18.9 Å². The monoisotopic (exact) mass is 480 g/mol. The van der Waals surface area contributed by atoms with E-state index in [4.69, 9.17) is 12.2 Å². The molecule has 2 aromatic heterocycles. The number of nitrogens with zero attached hydrogens (tertiary/aromatic N) is 3. The molecule has 1 amide bonds. The molecule has 4 rings (SSSR count). The summed E-state index contributed by atoms with van der Waals surface area (Å²) in [4.78, 5) is 32.8. The Morgan fingerprint density at radius 1 is 1.18 bits per heavy atom. The van der Waals surface area contributed by atoms with Crippen molar-refractivity contribution in [2.75, 3.05) is 18.4 Å². The average molecular weight is 481 g/mol. The van der Waals surface area contributed by atoms with Crippen molar-refractivity contribution < 1.29 is 9.90 Å². The second-order valence-electron chi connectivity index (χ2n) is 7.60. The zero-order valence-electron chi connectivity index (χ0n) is 18.1. The van der Waals surface area contributed by atoms with Crippen molar-refractivity contribution in [2.24, 2.45) is 0 Å². The van der Waals surface area contributed by atoms with E-state index >= 15 is 0 Å². The maximum absolute atomic E-state index is 13.3. The van der Waals surface area contributed by atoms with Crippen LogP contribution < -0.4 is 10.9 Å². The summed E-state index contributed by atoms with van der Waals surface area (Å²) >= 11 is 6.57. The molecule has 33 heavy (non-hydrogen) atoms. The Labute approximate surface area is 201 Å². The lowest BCUT2D eigenvalue weighted by Crippen LogP contribution is -2.29. The van der Waals surface area contributed by atoms with Crippen LogP contribution in [0.4, 0.5) is 5.82 Å². The van der Waals surface area contributed by atoms with Crippen LogP contribution in [0.15, 0.2) is 64.4 Å². The number of carbonyl (C=O) groups excluding carboxylic acids is 1. The number of aromatic nitrogens is 2. The number of anilines is 1. The molecule has 0 aliphatic carbocycles. The van der Waals surface area contributed by atoms with E-state index in [-0.39, 0.29) is 23.6 Å². The first kappa shape index (κ1) is 23.2. The number of amides is 1. The Morgan fingerprint density at radius 2 is 1.94 bits per heavy atom. The standard InChI is InChI=1S/C24H24N4O3S2/c1-2-3-12-28-23(31)19(33-24(28)32)14-17-21(25-15-18(29)16-9-5-4-6-10-16)26-20-11-7-8-13-27(20)22(17)30/h4-11,13-14,18,25,29H,2-3,12,15H2,1H3/b19-14-/t18-/m0/s1. The zero-order chi connectivity index (χ0) is 23.4. The molecule has 0 unspecified atom stereocenters. The van der Waals surface area contributed by atoms with E-state index in [9.17, 15) is 14.7 Å². The Balaban J connectivity index is 1.70. The fourth-order valence-corrected chi connectivity index (χ4v) is 4.78. The first-order valence-corrected chi connectivity index (χ1v) is 12.0. The number of unbranched alkanes of at least 4 members (excludes halogenated alkanes) is 1. The molecule has 0 bridgehead atoms. The van der Waals surface area contributed by atoms with Crippen molar-refractivity contribution in [1.82, 2.24) is 14.3 Å². The summed E-state index contributed by atoms with van der Waals surface area (Å²) in [5, 5.41) is 13.7. The minimum atomic E-state index is -0.790. The van der Waals surface area contributed by atoms with E-state index in [0.29, 0.717) is 27.2 Å². The third-order valence-electron chi connectivity index (χ3n) is 5.30. The lowest BCUT2D eigenvalue weighted by Gasteiger charge is -2.15. The van der Waals surface area contributed by atoms with Gasteiger partial charge in [0, 0.05) is 19.3 Å². The highest BCUT2D eigenvalue weighted by molar-refractivity contribution is 8.26. The number of carbonyl (C=O) groups is 1. The fourth-order valence-electron chi connectivity index (χ4n) is 3.49. The van der Waals surface area contributed by atoms with Crippen LogP contribution in [0.1, 0.15) is 37.0 Å². The molecule has 3 heterocycles. The van der Waals surface area contributed by atoms with Crippen molar-refractivity contribution in [2.45, 2.75) is 25.9 Å². The van der Waals surface area contributed by atoms with Gasteiger partial charge in [-0.1, -0.05) is 73.7 Å². The summed E-state index contributed by atoms with van der Waals surface area (Å²) in [5.74, 6) is 0.103. The molecule has 170 valence electrons. The second-order valence-corrected chi connectivity index (χ2v) is 9.28. The molecule has 1 aliphatic rings. The van der Waals surface area contributed by atoms with Crippen LogP contribution in [0.5, 0.6) is 0 Å². The number of thioether (sulfide) groups is 1. The largest absolute Gasteiger partial charge is 0.387 e. The van der Waals surface area contributed by atoms with Gasteiger partial charge in [0.1, 0.15) is 15.8 Å². The molecule has 1 fully saturated rings. The predicted molar refractivity (Wildman–Crippen MR) is 136 cm³/mol. The number of fused-ring (bicyclic) bond motifs is 1. The average Bonchev–Trinajstić information content (AvgIpc) is 3.10. The number of pyridine rings is 1. The van der Waals surface area contributed by atoms with Crippen LogP contribution in [0.3, 0.4) is 0 Å². The molecule has 1 saturated heterocycles. The molecule has 0 radical (unpaired) electrons. The van der Waals surface area contributed by atoms with E-state index in [0.717, 1.165) is 18.4 Å². The van der Waals surface area contributed by atoms with E-state index in [2.05, 4.69) is 17.2 Å². The van der Waals surface area contributed by atoms with Crippen LogP contribution in [-0.2, 0) is 4.79 Å².